The van der Waals surface area contributed by atoms with E-state index < -0.39 is 10.0 Å². The van der Waals surface area contributed by atoms with Gasteiger partial charge >= 0.3 is 0 Å². The fraction of sp³-hybridized carbons (Fsp3) is 0.333. The van der Waals surface area contributed by atoms with Crippen LogP contribution < -0.4 is 4.90 Å². The van der Waals surface area contributed by atoms with Crippen molar-refractivity contribution in [2.45, 2.75) is 37.1 Å². The van der Waals surface area contributed by atoms with E-state index in [-0.39, 0.29) is 23.4 Å². The van der Waals surface area contributed by atoms with Crippen molar-refractivity contribution in [3.05, 3.63) is 60.2 Å². The van der Waals surface area contributed by atoms with Crippen LogP contribution in [-0.2, 0) is 10.0 Å². The number of hydrogen-bond donors (Lipinski definition) is 0. The molecular weight excluding hydrogens is 374 g/mol. The monoisotopic (exact) mass is 397 g/mol. The molecule has 0 saturated carbocycles. The summed E-state index contributed by atoms with van der Waals surface area (Å²) in [5.41, 5.74) is 0.956. The third-order valence-electron chi connectivity index (χ3n) is 4.99. The predicted octanol–water partition coefficient (Wildman–Crippen LogP) is 3.42. The van der Waals surface area contributed by atoms with Crippen LogP contribution in [0.3, 0.4) is 0 Å². The maximum Gasteiger partial charge on any atom is 0.259 e. The summed E-state index contributed by atoms with van der Waals surface area (Å²) in [6.45, 7) is 2.36. The molecule has 1 unspecified atom stereocenters. The second kappa shape index (κ2) is 8.55. The molecule has 0 spiro atoms. The average Bonchev–Trinajstić information content (AvgIpc) is 2.72. The van der Waals surface area contributed by atoms with Crippen molar-refractivity contribution in [3.8, 4) is 6.07 Å². The lowest BCUT2D eigenvalue weighted by Crippen LogP contribution is -2.41. The molecular formula is C21H23N3O3S. The van der Waals surface area contributed by atoms with Crippen LogP contribution in [0.4, 0.5) is 5.69 Å². The molecule has 1 aliphatic heterocycles. The van der Waals surface area contributed by atoms with E-state index in [2.05, 4.69) is 0 Å². The molecule has 1 aliphatic rings. The topological polar surface area (TPSA) is 81.5 Å². The smallest absolute Gasteiger partial charge is 0.259 e. The average molecular weight is 398 g/mol. The number of hydrogen-bond acceptors (Lipinski definition) is 4. The Balaban J connectivity index is 1.85. The van der Waals surface area contributed by atoms with Crippen molar-refractivity contribution in [2.24, 2.45) is 0 Å². The van der Waals surface area contributed by atoms with E-state index in [0.717, 1.165) is 19.3 Å². The number of benzene rings is 2. The van der Waals surface area contributed by atoms with Crippen LogP contribution in [0.1, 0.15) is 36.5 Å². The van der Waals surface area contributed by atoms with Gasteiger partial charge in [-0.05, 0) is 56.2 Å². The summed E-state index contributed by atoms with van der Waals surface area (Å²) in [5.74, 6) is -0.344. The molecule has 0 aromatic heterocycles. The van der Waals surface area contributed by atoms with Gasteiger partial charge in [0.25, 0.3) is 5.91 Å². The van der Waals surface area contributed by atoms with Crippen LogP contribution in [0.2, 0.25) is 0 Å². The van der Waals surface area contributed by atoms with Crippen LogP contribution in [0, 0.1) is 11.3 Å². The zero-order chi connectivity index (χ0) is 20.1. The number of para-hydroxylation sites is 1. The van der Waals surface area contributed by atoms with Crippen molar-refractivity contribution >= 4 is 21.6 Å². The summed E-state index contributed by atoms with van der Waals surface area (Å²) >= 11 is 0. The molecule has 2 aromatic rings. The zero-order valence-corrected chi connectivity index (χ0v) is 16.6. The number of nitrogens with zero attached hydrogens (tertiary/aromatic N) is 3. The van der Waals surface area contributed by atoms with Gasteiger partial charge in [-0.15, -0.1) is 0 Å². The summed E-state index contributed by atoms with van der Waals surface area (Å²) in [7, 11) is -3.58. The first kappa shape index (κ1) is 20.1. The number of anilines is 1. The van der Waals surface area contributed by atoms with Crippen molar-refractivity contribution in [2.75, 3.05) is 18.0 Å². The highest BCUT2D eigenvalue weighted by molar-refractivity contribution is 7.89. The van der Waals surface area contributed by atoms with E-state index in [0.29, 0.717) is 17.8 Å². The normalized spacial score (nSPS) is 17.6. The first-order chi connectivity index (χ1) is 13.4. The highest BCUT2D eigenvalue weighted by Gasteiger charge is 2.31. The summed E-state index contributed by atoms with van der Waals surface area (Å²) in [6.07, 6.45) is 2.76. The number of carbonyl (C=O) groups excluding carboxylic acids is 1. The molecule has 2 aromatic carbocycles. The van der Waals surface area contributed by atoms with Crippen LogP contribution in [0.25, 0.3) is 0 Å². The molecule has 6 nitrogen and oxygen atoms in total. The molecule has 1 heterocycles. The molecule has 0 bridgehead atoms. The van der Waals surface area contributed by atoms with Crippen molar-refractivity contribution in [1.82, 2.24) is 4.31 Å². The van der Waals surface area contributed by atoms with E-state index in [9.17, 15) is 13.2 Å². The van der Waals surface area contributed by atoms with Gasteiger partial charge in [0.15, 0.2) is 0 Å². The molecule has 1 amide bonds. The molecule has 3 rings (SSSR count). The van der Waals surface area contributed by atoms with Crippen LogP contribution >= 0.6 is 0 Å². The number of sulfonamides is 1. The second-order valence-corrected chi connectivity index (χ2v) is 8.76. The van der Waals surface area contributed by atoms with Crippen molar-refractivity contribution < 1.29 is 13.2 Å². The van der Waals surface area contributed by atoms with E-state index in [1.807, 2.05) is 19.1 Å². The molecule has 0 N–H and O–H groups in total. The summed E-state index contributed by atoms with van der Waals surface area (Å²) < 4.78 is 27.4. The molecule has 1 saturated heterocycles. The van der Waals surface area contributed by atoms with E-state index in [1.165, 1.54) is 29.2 Å². The minimum atomic E-state index is -3.58. The number of carbonyl (C=O) groups is 1. The summed E-state index contributed by atoms with van der Waals surface area (Å²) in [4.78, 5) is 14.4. The van der Waals surface area contributed by atoms with E-state index >= 15 is 0 Å². The highest BCUT2D eigenvalue weighted by atomic mass is 32.2. The second-order valence-electron chi connectivity index (χ2n) is 6.87. The maximum atomic E-state index is 12.9. The van der Waals surface area contributed by atoms with Gasteiger partial charge in [0.1, 0.15) is 6.54 Å². The van der Waals surface area contributed by atoms with E-state index in [4.69, 9.17) is 5.26 Å². The Morgan fingerprint density at radius 2 is 1.82 bits per heavy atom. The van der Waals surface area contributed by atoms with Gasteiger partial charge in [0.2, 0.25) is 10.0 Å². The Kier molecular flexibility index (Phi) is 6.12. The van der Waals surface area contributed by atoms with Crippen LogP contribution in [0.5, 0.6) is 0 Å². The van der Waals surface area contributed by atoms with Gasteiger partial charge in [0, 0.05) is 23.8 Å². The minimum absolute atomic E-state index is 0.0238. The van der Waals surface area contributed by atoms with Crippen molar-refractivity contribution in [1.29, 1.82) is 5.26 Å². The number of amides is 1. The van der Waals surface area contributed by atoms with Crippen molar-refractivity contribution in [3.63, 3.8) is 0 Å². The minimum Gasteiger partial charge on any atom is -0.295 e. The van der Waals surface area contributed by atoms with Gasteiger partial charge in [-0.1, -0.05) is 24.6 Å². The SMILES string of the molecule is CC1CCCCN1S(=O)(=O)c1ccc(C(=O)N(CC#N)c2ccccc2)cc1. The Morgan fingerprint density at radius 3 is 2.43 bits per heavy atom. The maximum absolute atomic E-state index is 12.9. The molecule has 1 fully saturated rings. The Bertz CT molecular complexity index is 966. The summed E-state index contributed by atoms with van der Waals surface area (Å²) in [5, 5.41) is 9.08. The number of nitriles is 1. The van der Waals surface area contributed by atoms with E-state index in [1.54, 1.807) is 28.6 Å². The van der Waals surface area contributed by atoms with Gasteiger partial charge < -0.3 is 0 Å². The molecule has 0 aliphatic carbocycles. The van der Waals surface area contributed by atoms with Gasteiger partial charge in [-0.2, -0.15) is 9.57 Å². The fourth-order valence-electron chi connectivity index (χ4n) is 3.45. The quantitative estimate of drug-likeness (QED) is 0.724. The molecule has 28 heavy (non-hydrogen) atoms. The molecule has 0 radical (unpaired) electrons. The largest absolute Gasteiger partial charge is 0.295 e. The lowest BCUT2D eigenvalue weighted by atomic mass is 10.1. The first-order valence-electron chi connectivity index (χ1n) is 9.31. The third-order valence-corrected chi connectivity index (χ3v) is 7.02. The van der Waals surface area contributed by atoms with Crippen LogP contribution in [-0.4, -0.2) is 37.8 Å². The number of piperidine rings is 1. The Morgan fingerprint density at radius 1 is 1.14 bits per heavy atom. The summed E-state index contributed by atoms with van der Waals surface area (Å²) in [6, 6.07) is 16.9. The molecule has 146 valence electrons. The predicted molar refractivity (Wildman–Crippen MR) is 107 cm³/mol. The highest BCUT2D eigenvalue weighted by Crippen LogP contribution is 2.25. The standard InChI is InChI=1S/C21H23N3O3S/c1-17-7-5-6-15-24(17)28(26,27)20-12-10-18(11-13-20)21(25)23(16-14-22)19-8-3-2-4-9-19/h2-4,8-13,17H,5-7,15-16H2,1H3. The van der Waals surface area contributed by atoms with Gasteiger partial charge in [-0.3, -0.25) is 9.69 Å². The molecule has 1 atom stereocenters. The zero-order valence-electron chi connectivity index (χ0n) is 15.8. The van der Waals surface area contributed by atoms with Gasteiger partial charge in [0.05, 0.1) is 11.0 Å². The lowest BCUT2D eigenvalue weighted by Gasteiger charge is -2.32. The van der Waals surface area contributed by atoms with Crippen LogP contribution in [0.15, 0.2) is 59.5 Å². The fourth-order valence-corrected chi connectivity index (χ4v) is 5.15. The van der Waals surface area contributed by atoms with Gasteiger partial charge in [-0.25, -0.2) is 8.42 Å². The Hall–Kier alpha value is -2.69. The molecule has 7 heteroatoms. The Labute approximate surface area is 166 Å². The lowest BCUT2D eigenvalue weighted by molar-refractivity contribution is 0.0990. The third kappa shape index (κ3) is 4.08. The first-order valence-corrected chi connectivity index (χ1v) is 10.7. The number of rotatable bonds is 5.